The van der Waals surface area contributed by atoms with E-state index in [0.717, 1.165) is 37.1 Å². The summed E-state index contributed by atoms with van der Waals surface area (Å²) in [6.45, 7) is 6.89. The minimum atomic E-state index is -0.422. The van der Waals surface area contributed by atoms with Gasteiger partial charge in [0.1, 0.15) is 5.75 Å². The largest absolute Gasteiger partial charge is 0.491 e. The minimum absolute atomic E-state index is 0.119. The lowest BCUT2D eigenvalue weighted by atomic mass is 9.84. The smallest absolute Gasteiger partial charge is 0.182 e. The zero-order chi connectivity index (χ0) is 13.9. The quantitative estimate of drug-likeness (QED) is 0.846. The molecule has 1 N–H and O–H groups in total. The molecule has 1 aromatic rings. The molecule has 1 fully saturated rings. The van der Waals surface area contributed by atoms with Gasteiger partial charge in [-0.2, -0.15) is 0 Å². The average molecular weight is 261 g/mol. The number of hydrogen-bond donors (Lipinski definition) is 1. The zero-order valence-electron chi connectivity index (χ0n) is 12.0. The van der Waals surface area contributed by atoms with Gasteiger partial charge in [0, 0.05) is 5.56 Å². The summed E-state index contributed by atoms with van der Waals surface area (Å²) in [6.07, 6.45) is 3.28. The van der Waals surface area contributed by atoms with Crippen molar-refractivity contribution in [2.45, 2.75) is 51.7 Å². The highest BCUT2D eigenvalue weighted by atomic mass is 16.5. The molecule has 19 heavy (non-hydrogen) atoms. The Morgan fingerprint density at radius 3 is 2.79 bits per heavy atom. The third kappa shape index (κ3) is 3.35. The van der Waals surface area contributed by atoms with E-state index < -0.39 is 5.54 Å². The number of Topliss-reactive ketones (excluding diaryl/α,β-unsaturated/α-hetero) is 1. The van der Waals surface area contributed by atoms with Crippen LogP contribution in [0.2, 0.25) is 0 Å². The molecule has 2 rings (SSSR count). The van der Waals surface area contributed by atoms with Crippen LogP contribution < -0.4 is 10.1 Å². The van der Waals surface area contributed by atoms with E-state index in [-0.39, 0.29) is 11.9 Å². The Bertz CT molecular complexity index is 448. The molecule has 0 radical (unpaired) electrons. The summed E-state index contributed by atoms with van der Waals surface area (Å²) in [4.78, 5) is 12.6. The van der Waals surface area contributed by atoms with Crippen molar-refractivity contribution in [3.63, 3.8) is 0 Å². The van der Waals surface area contributed by atoms with Gasteiger partial charge in [-0.1, -0.05) is 12.1 Å². The number of piperidine rings is 1. The Morgan fingerprint density at radius 2 is 2.16 bits per heavy atom. The number of rotatable bonds is 4. The molecule has 0 aromatic heterocycles. The van der Waals surface area contributed by atoms with Gasteiger partial charge in [0.05, 0.1) is 11.6 Å². The van der Waals surface area contributed by atoms with E-state index in [4.69, 9.17) is 4.74 Å². The summed E-state index contributed by atoms with van der Waals surface area (Å²) in [6, 6.07) is 7.51. The molecule has 0 spiro atoms. The van der Waals surface area contributed by atoms with Crippen LogP contribution in [0.5, 0.6) is 5.75 Å². The molecule has 0 bridgehead atoms. The number of ether oxygens (including phenoxy) is 1. The summed E-state index contributed by atoms with van der Waals surface area (Å²) < 4.78 is 5.65. The molecule has 0 amide bonds. The molecule has 1 aliphatic heterocycles. The number of nitrogens with one attached hydrogen (secondary N) is 1. The maximum absolute atomic E-state index is 12.6. The molecule has 1 aromatic carbocycles. The molecule has 3 nitrogen and oxygen atoms in total. The van der Waals surface area contributed by atoms with Gasteiger partial charge in [-0.25, -0.2) is 0 Å². The van der Waals surface area contributed by atoms with Crippen LogP contribution in [-0.4, -0.2) is 24.0 Å². The number of carbonyl (C=O) groups is 1. The predicted octanol–water partition coefficient (Wildman–Crippen LogP) is 3.19. The number of hydrogen-bond acceptors (Lipinski definition) is 3. The van der Waals surface area contributed by atoms with Gasteiger partial charge in [0.15, 0.2) is 5.78 Å². The molecule has 1 heterocycles. The van der Waals surface area contributed by atoms with Crippen LogP contribution in [-0.2, 0) is 0 Å². The van der Waals surface area contributed by atoms with E-state index in [2.05, 4.69) is 5.32 Å². The summed E-state index contributed by atoms with van der Waals surface area (Å²) in [7, 11) is 0. The summed E-state index contributed by atoms with van der Waals surface area (Å²) in [5.41, 5.74) is 0.310. The lowest BCUT2D eigenvalue weighted by molar-refractivity contribution is 0.0834. The maximum atomic E-state index is 12.6. The topological polar surface area (TPSA) is 38.3 Å². The Balaban J connectivity index is 2.18. The van der Waals surface area contributed by atoms with Crippen molar-refractivity contribution in [1.82, 2.24) is 5.32 Å². The van der Waals surface area contributed by atoms with Crippen LogP contribution in [0.1, 0.15) is 50.4 Å². The Labute approximate surface area is 115 Å². The zero-order valence-corrected chi connectivity index (χ0v) is 12.0. The highest BCUT2D eigenvalue weighted by Crippen LogP contribution is 2.25. The van der Waals surface area contributed by atoms with Crippen LogP contribution in [0.4, 0.5) is 0 Å². The molecule has 1 aliphatic rings. The number of ketones is 1. The third-order valence-corrected chi connectivity index (χ3v) is 3.59. The van der Waals surface area contributed by atoms with Crippen molar-refractivity contribution < 1.29 is 9.53 Å². The van der Waals surface area contributed by atoms with E-state index in [9.17, 15) is 4.79 Å². The molecule has 3 heteroatoms. The first-order chi connectivity index (χ1) is 9.01. The lowest BCUT2D eigenvalue weighted by Gasteiger charge is -2.33. The first-order valence-electron chi connectivity index (χ1n) is 7.08. The highest BCUT2D eigenvalue weighted by Gasteiger charge is 2.34. The SMILES string of the molecule is CC(C)Oc1cccc(C(=O)C2(C)CCCCN2)c1. The van der Waals surface area contributed by atoms with E-state index in [0.29, 0.717) is 0 Å². The third-order valence-electron chi connectivity index (χ3n) is 3.59. The average Bonchev–Trinajstić information content (AvgIpc) is 2.38. The van der Waals surface area contributed by atoms with Crippen molar-refractivity contribution in [1.29, 1.82) is 0 Å². The molecule has 1 unspecified atom stereocenters. The molecule has 0 aliphatic carbocycles. The Morgan fingerprint density at radius 1 is 1.37 bits per heavy atom. The molecular weight excluding hydrogens is 238 g/mol. The fourth-order valence-corrected chi connectivity index (χ4v) is 2.55. The molecule has 1 atom stereocenters. The van der Waals surface area contributed by atoms with Crippen molar-refractivity contribution in [3.05, 3.63) is 29.8 Å². The van der Waals surface area contributed by atoms with Crippen molar-refractivity contribution in [2.75, 3.05) is 6.54 Å². The normalized spacial score (nSPS) is 23.4. The predicted molar refractivity (Wildman–Crippen MR) is 76.8 cm³/mol. The van der Waals surface area contributed by atoms with E-state index >= 15 is 0 Å². The van der Waals surface area contributed by atoms with Gasteiger partial charge in [0.2, 0.25) is 0 Å². The van der Waals surface area contributed by atoms with Gasteiger partial charge in [-0.3, -0.25) is 4.79 Å². The Hall–Kier alpha value is -1.35. The standard InChI is InChI=1S/C16H23NO2/c1-12(2)19-14-8-6-7-13(11-14)15(18)16(3)9-4-5-10-17-16/h6-8,11-12,17H,4-5,9-10H2,1-3H3. The number of carbonyl (C=O) groups excluding carboxylic acids is 1. The first-order valence-corrected chi connectivity index (χ1v) is 7.08. The number of benzene rings is 1. The summed E-state index contributed by atoms with van der Waals surface area (Å²) in [5, 5.41) is 3.36. The van der Waals surface area contributed by atoms with Gasteiger partial charge in [-0.05, 0) is 58.7 Å². The summed E-state index contributed by atoms with van der Waals surface area (Å²) >= 11 is 0. The molecular formula is C16H23NO2. The molecule has 1 saturated heterocycles. The second-order valence-electron chi connectivity index (χ2n) is 5.74. The minimum Gasteiger partial charge on any atom is -0.491 e. The van der Waals surface area contributed by atoms with Gasteiger partial charge < -0.3 is 10.1 Å². The second kappa shape index (κ2) is 5.74. The molecule has 0 saturated carbocycles. The molecule has 104 valence electrons. The van der Waals surface area contributed by atoms with Crippen LogP contribution >= 0.6 is 0 Å². The van der Waals surface area contributed by atoms with Crippen LogP contribution in [0.15, 0.2) is 24.3 Å². The van der Waals surface area contributed by atoms with Crippen molar-refractivity contribution in [3.8, 4) is 5.75 Å². The van der Waals surface area contributed by atoms with E-state index in [1.807, 2.05) is 45.0 Å². The monoisotopic (exact) mass is 261 g/mol. The fourth-order valence-electron chi connectivity index (χ4n) is 2.55. The lowest BCUT2D eigenvalue weighted by Crippen LogP contribution is -2.52. The van der Waals surface area contributed by atoms with Crippen LogP contribution in [0, 0.1) is 0 Å². The van der Waals surface area contributed by atoms with Gasteiger partial charge in [0.25, 0.3) is 0 Å². The first kappa shape index (κ1) is 14.1. The fraction of sp³-hybridized carbons (Fsp3) is 0.562. The summed E-state index contributed by atoms with van der Waals surface area (Å²) in [5.74, 6) is 0.932. The van der Waals surface area contributed by atoms with Crippen molar-refractivity contribution in [2.24, 2.45) is 0 Å². The Kier molecular flexibility index (Phi) is 4.25. The second-order valence-corrected chi connectivity index (χ2v) is 5.74. The maximum Gasteiger partial charge on any atom is 0.182 e. The van der Waals surface area contributed by atoms with E-state index in [1.54, 1.807) is 0 Å². The highest BCUT2D eigenvalue weighted by molar-refractivity contribution is 6.03. The van der Waals surface area contributed by atoms with Gasteiger partial charge in [-0.15, -0.1) is 0 Å². The van der Waals surface area contributed by atoms with E-state index in [1.165, 1.54) is 0 Å². The van der Waals surface area contributed by atoms with Crippen molar-refractivity contribution >= 4 is 5.78 Å². The van der Waals surface area contributed by atoms with Crippen LogP contribution in [0.25, 0.3) is 0 Å². The van der Waals surface area contributed by atoms with Crippen LogP contribution in [0.3, 0.4) is 0 Å². The van der Waals surface area contributed by atoms with Gasteiger partial charge >= 0.3 is 0 Å².